The van der Waals surface area contributed by atoms with Crippen molar-refractivity contribution in [3.8, 4) is 5.75 Å². The van der Waals surface area contributed by atoms with Crippen LogP contribution in [0.25, 0.3) is 0 Å². The quantitative estimate of drug-likeness (QED) is 0.822. The highest BCUT2D eigenvalue weighted by Gasteiger charge is 2.33. The minimum Gasteiger partial charge on any atom is -0.508 e. The highest BCUT2D eigenvalue weighted by atomic mass is 16.3. The van der Waals surface area contributed by atoms with Crippen LogP contribution in [0.2, 0.25) is 0 Å². The van der Waals surface area contributed by atoms with Gasteiger partial charge in [0.25, 0.3) is 0 Å². The van der Waals surface area contributed by atoms with Crippen LogP contribution in [0.3, 0.4) is 0 Å². The van der Waals surface area contributed by atoms with Crippen molar-refractivity contribution in [2.45, 2.75) is 31.7 Å². The van der Waals surface area contributed by atoms with Crippen molar-refractivity contribution in [1.82, 2.24) is 4.90 Å². The summed E-state index contributed by atoms with van der Waals surface area (Å²) < 4.78 is 0. The maximum Gasteiger partial charge on any atom is 0.115 e. The van der Waals surface area contributed by atoms with Crippen LogP contribution >= 0.6 is 0 Å². The molecular weight excluding hydrogens is 198 g/mol. The molecule has 1 atom stereocenters. The zero-order valence-electron chi connectivity index (χ0n) is 9.60. The average molecular weight is 217 g/mol. The SMILES string of the molecule is Oc1ccc(CC2CC3CCN2CC3)cc1. The smallest absolute Gasteiger partial charge is 0.115 e. The Morgan fingerprint density at radius 2 is 1.81 bits per heavy atom. The van der Waals surface area contributed by atoms with Gasteiger partial charge in [0.05, 0.1) is 0 Å². The molecule has 4 rings (SSSR count). The van der Waals surface area contributed by atoms with Gasteiger partial charge in [0.1, 0.15) is 5.75 Å². The number of nitrogens with zero attached hydrogens (tertiary/aromatic N) is 1. The first-order valence-corrected chi connectivity index (χ1v) is 6.33. The van der Waals surface area contributed by atoms with E-state index in [0.717, 1.165) is 18.4 Å². The van der Waals surface area contributed by atoms with Gasteiger partial charge in [0, 0.05) is 6.04 Å². The van der Waals surface area contributed by atoms with Crippen LogP contribution in [0.15, 0.2) is 24.3 Å². The van der Waals surface area contributed by atoms with E-state index in [1.165, 1.54) is 37.9 Å². The number of aromatic hydroxyl groups is 1. The Hall–Kier alpha value is -1.02. The molecule has 2 heteroatoms. The van der Waals surface area contributed by atoms with Crippen LogP contribution in [-0.4, -0.2) is 29.1 Å². The van der Waals surface area contributed by atoms with Crippen LogP contribution in [0, 0.1) is 5.92 Å². The summed E-state index contributed by atoms with van der Waals surface area (Å²) in [6.07, 6.45) is 5.34. The molecule has 0 spiro atoms. The van der Waals surface area contributed by atoms with Gasteiger partial charge < -0.3 is 10.0 Å². The van der Waals surface area contributed by atoms with Gasteiger partial charge in [0.2, 0.25) is 0 Å². The van der Waals surface area contributed by atoms with Gasteiger partial charge in [-0.1, -0.05) is 12.1 Å². The van der Waals surface area contributed by atoms with Gasteiger partial charge in [-0.25, -0.2) is 0 Å². The van der Waals surface area contributed by atoms with Gasteiger partial charge in [0.15, 0.2) is 0 Å². The van der Waals surface area contributed by atoms with Crippen molar-refractivity contribution in [3.05, 3.63) is 29.8 Å². The summed E-state index contributed by atoms with van der Waals surface area (Å²) in [5.74, 6) is 1.35. The van der Waals surface area contributed by atoms with Crippen molar-refractivity contribution in [1.29, 1.82) is 0 Å². The Morgan fingerprint density at radius 1 is 1.12 bits per heavy atom. The van der Waals surface area contributed by atoms with Gasteiger partial charge in [-0.05, 0) is 62.4 Å². The second-order valence-corrected chi connectivity index (χ2v) is 5.24. The lowest BCUT2D eigenvalue weighted by Gasteiger charge is -2.45. The fraction of sp³-hybridized carbons (Fsp3) is 0.571. The number of hydrogen-bond donors (Lipinski definition) is 1. The molecule has 3 heterocycles. The van der Waals surface area contributed by atoms with Crippen LogP contribution in [0.4, 0.5) is 0 Å². The summed E-state index contributed by atoms with van der Waals surface area (Å²) in [5, 5.41) is 9.26. The van der Waals surface area contributed by atoms with Crippen molar-refractivity contribution in [2.24, 2.45) is 5.92 Å². The van der Waals surface area contributed by atoms with Gasteiger partial charge in [-0.15, -0.1) is 0 Å². The molecule has 0 aliphatic carbocycles. The summed E-state index contributed by atoms with van der Waals surface area (Å²) in [5.41, 5.74) is 1.36. The van der Waals surface area contributed by atoms with E-state index in [1.807, 2.05) is 0 Å². The molecule has 3 fully saturated rings. The number of phenolic OH excluding ortho intramolecular Hbond substituents is 1. The highest BCUT2D eigenvalue weighted by Crippen LogP contribution is 2.33. The van der Waals surface area contributed by atoms with E-state index in [-0.39, 0.29) is 0 Å². The standard InChI is InChI=1S/C14H19NO/c16-14-3-1-11(2-4-14)9-13-10-12-5-7-15(13)8-6-12/h1-4,12-13,16H,5-10H2. The molecule has 3 aliphatic heterocycles. The first kappa shape index (κ1) is 10.2. The van der Waals surface area contributed by atoms with Crippen molar-refractivity contribution in [3.63, 3.8) is 0 Å². The highest BCUT2D eigenvalue weighted by molar-refractivity contribution is 5.26. The van der Waals surface area contributed by atoms with Crippen molar-refractivity contribution >= 4 is 0 Å². The number of fused-ring (bicyclic) bond motifs is 3. The molecule has 2 nitrogen and oxygen atoms in total. The molecule has 0 amide bonds. The summed E-state index contributed by atoms with van der Waals surface area (Å²) in [4.78, 5) is 2.65. The van der Waals surface area contributed by atoms with E-state index < -0.39 is 0 Å². The molecule has 0 radical (unpaired) electrons. The fourth-order valence-corrected chi connectivity index (χ4v) is 3.20. The van der Waals surface area contributed by atoms with Crippen LogP contribution in [0.1, 0.15) is 24.8 Å². The Bertz CT molecular complexity index is 352. The Labute approximate surface area is 96.9 Å². The molecule has 3 saturated heterocycles. The molecule has 16 heavy (non-hydrogen) atoms. The van der Waals surface area contributed by atoms with E-state index >= 15 is 0 Å². The Balaban J connectivity index is 1.68. The third-order valence-corrected chi connectivity index (χ3v) is 4.18. The van der Waals surface area contributed by atoms with Crippen LogP contribution < -0.4 is 0 Å². The molecule has 1 unspecified atom stereocenters. The zero-order chi connectivity index (χ0) is 11.0. The van der Waals surface area contributed by atoms with Crippen LogP contribution in [0.5, 0.6) is 5.75 Å². The largest absolute Gasteiger partial charge is 0.508 e. The maximum atomic E-state index is 9.26. The molecule has 86 valence electrons. The van der Waals surface area contributed by atoms with E-state index in [0.29, 0.717) is 5.75 Å². The first-order valence-electron chi connectivity index (χ1n) is 6.33. The number of hydrogen-bond acceptors (Lipinski definition) is 2. The van der Waals surface area contributed by atoms with Gasteiger partial charge in [-0.2, -0.15) is 0 Å². The van der Waals surface area contributed by atoms with Crippen LogP contribution in [-0.2, 0) is 6.42 Å². The summed E-state index contributed by atoms with van der Waals surface area (Å²) >= 11 is 0. The molecule has 1 aromatic rings. The summed E-state index contributed by atoms with van der Waals surface area (Å²) in [7, 11) is 0. The van der Waals surface area contributed by atoms with Crippen molar-refractivity contribution in [2.75, 3.05) is 13.1 Å². The Morgan fingerprint density at radius 3 is 2.38 bits per heavy atom. The minimum absolute atomic E-state index is 0.370. The Kier molecular flexibility index (Phi) is 2.60. The second kappa shape index (κ2) is 4.10. The molecule has 1 N–H and O–H groups in total. The lowest BCUT2D eigenvalue weighted by Crippen LogP contribution is -2.49. The molecule has 3 aliphatic rings. The van der Waals surface area contributed by atoms with E-state index in [4.69, 9.17) is 0 Å². The third-order valence-electron chi connectivity index (χ3n) is 4.18. The molecule has 1 aromatic carbocycles. The minimum atomic E-state index is 0.370. The number of phenols is 1. The summed E-state index contributed by atoms with van der Waals surface area (Å²) in [6, 6.07) is 8.45. The zero-order valence-corrected chi connectivity index (χ0v) is 9.60. The van der Waals surface area contributed by atoms with E-state index in [2.05, 4.69) is 17.0 Å². The predicted octanol–water partition coefficient (Wildman–Crippen LogP) is 2.42. The number of benzene rings is 1. The molecule has 2 bridgehead atoms. The van der Waals surface area contributed by atoms with Gasteiger partial charge >= 0.3 is 0 Å². The predicted molar refractivity (Wildman–Crippen MR) is 64.5 cm³/mol. The fourth-order valence-electron chi connectivity index (χ4n) is 3.20. The lowest BCUT2D eigenvalue weighted by molar-refractivity contribution is 0.0498. The lowest BCUT2D eigenvalue weighted by atomic mass is 9.81. The van der Waals surface area contributed by atoms with E-state index in [1.54, 1.807) is 12.1 Å². The number of piperidine rings is 3. The third kappa shape index (κ3) is 1.94. The normalized spacial score (nSPS) is 32.9. The van der Waals surface area contributed by atoms with Crippen molar-refractivity contribution < 1.29 is 5.11 Å². The second-order valence-electron chi connectivity index (χ2n) is 5.24. The summed E-state index contributed by atoms with van der Waals surface area (Å²) in [6.45, 7) is 2.60. The molecule has 0 saturated carbocycles. The monoisotopic (exact) mass is 217 g/mol. The topological polar surface area (TPSA) is 23.5 Å². The average Bonchev–Trinajstić information content (AvgIpc) is 2.34. The van der Waals surface area contributed by atoms with E-state index in [9.17, 15) is 5.11 Å². The maximum absolute atomic E-state index is 9.26. The first-order chi connectivity index (χ1) is 7.81. The number of rotatable bonds is 2. The molecular formula is C14H19NO. The molecule has 0 aromatic heterocycles. The van der Waals surface area contributed by atoms with Gasteiger partial charge in [-0.3, -0.25) is 0 Å².